The van der Waals surface area contributed by atoms with Crippen molar-refractivity contribution in [3.63, 3.8) is 0 Å². The molecule has 1 aliphatic heterocycles. The minimum Gasteiger partial charge on any atom is -0.342 e. The van der Waals surface area contributed by atoms with Gasteiger partial charge in [0.1, 0.15) is 0 Å². The molecule has 1 atom stereocenters. The van der Waals surface area contributed by atoms with Crippen LogP contribution in [0.4, 0.5) is 5.69 Å². The summed E-state index contributed by atoms with van der Waals surface area (Å²) in [5.74, 6) is 0.826. The summed E-state index contributed by atoms with van der Waals surface area (Å²) in [6.07, 6.45) is 2.17. The highest BCUT2D eigenvalue weighted by molar-refractivity contribution is 8.00. The summed E-state index contributed by atoms with van der Waals surface area (Å²) in [6, 6.07) is 7.63. The molecule has 1 aromatic rings. The molecular formula is C19H29N3O2S. The molecule has 6 heteroatoms. The van der Waals surface area contributed by atoms with E-state index in [0.29, 0.717) is 5.92 Å². The van der Waals surface area contributed by atoms with Crippen molar-refractivity contribution in [2.24, 2.45) is 5.92 Å². The van der Waals surface area contributed by atoms with E-state index in [1.54, 1.807) is 11.8 Å². The van der Waals surface area contributed by atoms with Crippen molar-refractivity contribution in [2.45, 2.75) is 43.8 Å². The standard InChI is InChI=1S/C19H29N3O2S/c1-4-20-13-16-9-11-22(12-10-16)19(24)14(2)25-18-7-5-17(6-8-18)21-15(3)23/h5-8,14,16,20H,4,9-13H2,1-3H3,(H,21,23). The van der Waals surface area contributed by atoms with Crippen molar-refractivity contribution in [1.82, 2.24) is 10.2 Å². The van der Waals surface area contributed by atoms with Crippen LogP contribution in [0.3, 0.4) is 0 Å². The first-order chi connectivity index (χ1) is 12.0. The maximum atomic E-state index is 12.7. The SMILES string of the molecule is CCNCC1CCN(C(=O)C(C)Sc2ccc(NC(C)=O)cc2)CC1. The predicted molar refractivity (Wildman–Crippen MR) is 104 cm³/mol. The monoisotopic (exact) mass is 363 g/mol. The number of carbonyl (C=O) groups excluding carboxylic acids is 2. The summed E-state index contributed by atoms with van der Waals surface area (Å²) < 4.78 is 0. The largest absolute Gasteiger partial charge is 0.342 e. The van der Waals surface area contributed by atoms with Crippen LogP contribution >= 0.6 is 11.8 Å². The lowest BCUT2D eigenvalue weighted by Crippen LogP contribution is -2.43. The Morgan fingerprint density at radius 1 is 1.24 bits per heavy atom. The van der Waals surface area contributed by atoms with E-state index < -0.39 is 0 Å². The molecule has 0 bridgehead atoms. The Morgan fingerprint density at radius 3 is 2.44 bits per heavy atom. The molecule has 1 heterocycles. The van der Waals surface area contributed by atoms with Gasteiger partial charge in [-0.05, 0) is 63.0 Å². The molecule has 2 amide bonds. The normalized spacial score (nSPS) is 16.5. The average molecular weight is 364 g/mol. The number of thioether (sulfide) groups is 1. The Hall–Kier alpha value is -1.53. The van der Waals surface area contributed by atoms with Crippen LogP contribution < -0.4 is 10.6 Å². The van der Waals surface area contributed by atoms with Crippen LogP contribution in [0.2, 0.25) is 0 Å². The van der Waals surface area contributed by atoms with Gasteiger partial charge in [-0.25, -0.2) is 0 Å². The molecule has 1 aliphatic rings. The molecule has 1 fully saturated rings. The fourth-order valence-corrected chi connectivity index (χ4v) is 3.99. The van der Waals surface area contributed by atoms with E-state index in [4.69, 9.17) is 0 Å². The molecule has 0 aliphatic carbocycles. The van der Waals surface area contributed by atoms with Gasteiger partial charge in [0.05, 0.1) is 5.25 Å². The van der Waals surface area contributed by atoms with Crippen molar-refractivity contribution < 1.29 is 9.59 Å². The first kappa shape index (κ1) is 19.8. The van der Waals surface area contributed by atoms with Gasteiger partial charge in [-0.1, -0.05) is 6.92 Å². The topological polar surface area (TPSA) is 61.4 Å². The Balaban J connectivity index is 1.81. The van der Waals surface area contributed by atoms with Crippen LogP contribution in [0.15, 0.2) is 29.2 Å². The fourth-order valence-electron chi connectivity index (χ4n) is 3.04. The van der Waals surface area contributed by atoms with Gasteiger partial charge in [0.15, 0.2) is 0 Å². The first-order valence-corrected chi connectivity index (χ1v) is 9.91. The second kappa shape index (κ2) is 9.82. The second-order valence-electron chi connectivity index (χ2n) is 6.54. The Bertz CT molecular complexity index is 569. The third-order valence-corrected chi connectivity index (χ3v) is 5.54. The number of amides is 2. The molecule has 0 aromatic heterocycles. The summed E-state index contributed by atoms with van der Waals surface area (Å²) in [5.41, 5.74) is 0.776. The molecule has 1 aromatic carbocycles. The van der Waals surface area contributed by atoms with Crippen molar-refractivity contribution in [3.05, 3.63) is 24.3 Å². The molecule has 1 saturated heterocycles. The molecule has 25 heavy (non-hydrogen) atoms. The average Bonchev–Trinajstić information content (AvgIpc) is 2.61. The summed E-state index contributed by atoms with van der Waals surface area (Å²) in [4.78, 5) is 26.8. The van der Waals surface area contributed by atoms with Crippen molar-refractivity contribution >= 4 is 29.3 Å². The zero-order valence-electron chi connectivity index (χ0n) is 15.4. The predicted octanol–water partition coefficient (Wildman–Crippen LogP) is 2.97. The zero-order valence-corrected chi connectivity index (χ0v) is 16.2. The van der Waals surface area contributed by atoms with Gasteiger partial charge in [-0.3, -0.25) is 9.59 Å². The summed E-state index contributed by atoms with van der Waals surface area (Å²) in [7, 11) is 0. The lowest BCUT2D eigenvalue weighted by Gasteiger charge is -2.33. The van der Waals surface area contributed by atoms with Crippen LogP contribution in [0.25, 0.3) is 0 Å². The van der Waals surface area contributed by atoms with Crippen LogP contribution in [-0.4, -0.2) is 48.1 Å². The summed E-state index contributed by atoms with van der Waals surface area (Å²) >= 11 is 1.57. The van der Waals surface area contributed by atoms with E-state index >= 15 is 0 Å². The van der Waals surface area contributed by atoms with Crippen molar-refractivity contribution in [1.29, 1.82) is 0 Å². The van der Waals surface area contributed by atoms with E-state index in [1.807, 2.05) is 36.1 Å². The molecule has 0 radical (unpaired) electrons. The number of carbonyl (C=O) groups is 2. The number of nitrogens with zero attached hydrogens (tertiary/aromatic N) is 1. The smallest absolute Gasteiger partial charge is 0.235 e. The van der Waals surface area contributed by atoms with Gasteiger partial charge in [0.2, 0.25) is 11.8 Å². The maximum absolute atomic E-state index is 12.7. The van der Waals surface area contributed by atoms with Crippen LogP contribution in [0.1, 0.15) is 33.6 Å². The van der Waals surface area contributed by atoms with Crippen LogP contribution in [0.5, 0.6) is 0 Å². The van der Waals surface area contributed by atoms with E-state index in [2.05, 4.69) is 17.6 Å². The summed E-state index contributed by atoms with van der Waals surface area (Å²) in [6.45, 7) is 9.38. The van der Waals surface area contributed by atoms with E-state index in [9.17, 15) is 9.59 Å². The highest BCUT2D eigenvalue weighted by atomic mass is 32.2. The molecule has 1 unspecified atom stereocenters. The Labute approximate surface area is 154 Å². The van der Waals surface area contributed by atoms with E-state index in [0.717, 1.165) is 49.6 Å². The first-order valence-electron chi connectivity index (χ1n) is 9.03. The lowest BCUT2D eigenvalue weighted by atomic mass is 9.96. The maximum Gasteiger partial charge on any atom is 0.235 e. The van der Waals surface area contributed by atoms with Crippen molar-refractivity contribution in [2.75, 3.05) is 31.5 Å². The summed E-state index contributed by atoms with van der Waals surface area (Å²) in [5, 5.41) is 6.05. The fraction of sp³-hybridized carbons (Fsp3) is 0.579. The number of nitrogens with one attached hydrogen (secondary N) is 2. The zero-order chi connectivity index (χ0) is 18.2. The molecule has 2 N–H and O–H groups in total. The van der Waals surface area contributed by atoms with Gasteiger partial charge >= 0.3 is 0 Å². The van der Waals surface area contributed by atoms with Crippen LogP contribution in [0, 0.1) is 5.92 Å². The number of hydrogen-bond donors (Lipinski definition) is 2. The van der Waals surface area contributed by atoms with Gasteiger partial charge < -0.3 is 15.5 Å². The third-order valence-electron chi connectivity index (χ3n) is 4.44. The number of piperidine rings is 1. The number of likely N-dealkylation sites (tertiary alicyclic amines) is 1. The Morgan fingerprint density at radius 2 is 1.88 bits per heavy atom. The van der Waals surface area contributed by atoms with E-state index in [-0.39, 0.29) is 17.1 Å². The van der Waals surface area contributed by atoms with Gasteiger partial charge in [0, 0.05) is 30.6 Å². The quantitative estimate of drug-likeness (QED) is 0.731. The highest BCUT2D eigenvalue weighted by Gasteiger charge is 2.26. The minimum absolute atomic E-state index is 0.0820. The third kappa shape index (κ3) is 6.36. The molecule has 0 spiro atoms. The molecule has 138 valence electrons. The molecular weight excluding hydrogens is 334 g/mol. The van der Waals surface area contributed by atoms with Crippen LogP contribution in [-0.2, 0) is 9.59 Å². The number of rotatable bonds is 7. The van der Waals surface area contributed by atoms with Gasteiger partial charge in [-0.2, -0.15) is 0 Å². The minimum atomic E-state index is -0.100. The second-order valence-corrected chi connectivity index (χ2v) is 7.96. The highest BCUT2D eigenvalue weighted by Crippen LogP contribution is 2.27. The number of anilines is 1. The number of benzene rings is 1. The number of hydrogen-bond acceptors (Lipinski definition) is 4. The van der Waals surface area contributed by atoms with Gasteiger partial charge in [0.25, 0.3) is 0 Å². The molecule has 2 rings (SSSR count). The Kier molecular flexibility index (Phi) is 7.78. The van der Waals surface area contributed by atoms with Crippen molar-refractivity contribution in [3.8, 4) is 0 Å². The van der Waals surface area contributed by atoms with E-state index in [1.165, 1.54) is 6.92 Å². The molecule has 0 saturated carbocycles. The lowest BCUT2D eigenvalue weighted by molar-refractivity contribution is -0.131. The van der Waals surface area contributed by atoms with Gasteiger partial charge in [-0.15, -0.1) is 11.8 Å². The molecule has 5 nitrogen and oxygen atoms in total.